The SMILES string of the molecule is CCc1cc(CC)n(C/C=C/CS)n1. The molecule has 78 valence electrons. The summed E-state index contributed by atoms with van der Waals surface area (Å²) in [5.74, 6) is 0.795. The summed E-state index contributed by atoms with van der Waals surface area (Å²) >= 11 is 4.12. The summed E-state index contributed by atoms with van der Waals surface area (Å²) in [5.41, 5.74) is 2.49. The maximum Gasteiger partial charge on any atom is 0.0624 e. The minimum Gasteiger partial charge on any atom is -0.266 e. The number of aromatic nitrogens is 2. The van der Waals surface area contributed by atoms with E-state index in [0.29, 0.717) is 0 Å². The third-order valence-electron chi connectivity index (χ3n) is 2.19. The van der Waals surface area contributed by atoms with Crippen molar-refractivity contribution in [2.45, 2.75) is 33.2 Å². The van der Waals surface area contributed by atoms with Crippen LogP contribution >= 0.6 is 12.6 Å². The van der Waals surface area contributed by atoms with Crippen LogP contribution in [0.15, 0.2) is 18.2 Å². The fraction of sp³-hybridized carbons (Fsp3) is 0.545. The maximum absolute atomic E-state index is 4.51. The van der Waals surface area contributed by atoms with Crippen molar-refractivity contribution in [1.82, 2.24) is 9.78 Å². The fourth-order valence-electron chi connectivity index (χ4n) is 1.38. The van der Waals surface area contributed by atoms with Crippen LogP contribution in [0.5, 0.6) is 0 Å². The van der Waals surface area contributed by atoms with Gasteiger partial charge in [0, 0.05) is 11.4 Å². The zero-order valence-corrected chi connectivity index (χ0v) is 9.80. The first-order chi connectivity index (χ1) is 6.81. The molecule has 0 unspecified atom stereocenters. The third-order valence-corrected chi connectivity index (χ3v) is 2.40. The lowest BCUT2D eigenvalue weighted by molar-refractivity contribution is 0.652. The van der Waals surface area contributed by atoms with E-state index in [9.17, 15) is 0 Å². The number of nitrogens with zero attached hydrogens (tertiary/aromatic N) is 2. The zero-order chi connectivity index (χ0) is 10.4. The van der Waals surface area contributed by atoms with E-state index in [0.717, 1.165) is 25.1 Å². The molecular formula is C11H18N2S. The molecule has 0 saturated heterocycles. The molecule has 0 spiro atoms. The summed E-state index contributed by atoms with van der Waals surface area (Å²) < 4.78 is 2.07. The molecule has 1 aromatic rings. The van der Waals surface area contributed by atoms with E-state index in [1.54, 1.807) is 0 Å². The highest BCUT2D eigenvalue weighted by Gasteiger charge is 2.02. The molecule has 1 heterocycles. The average molecular weight is 210 g/mol. The van der Waals surface area contributed by atoms with E-state index >= 15 is 0 Å². The molecule has 3 heteroatoms. The van der Waals surface area contributed by atoms with E-state index in [4.69, 9.17) is 0 Å². The summed E-state index contributed by atoms with van der Waals surface area (Å²) in [4.78, 5) is 0. The Kier molecular flexibility index (Phi) is 4.80. The van der Waals surface area contributed by atoms with Crippen LogP contribution in [-0.2, 0) is 19.4 Å². The van der Waals surface area contributed by atoms with Gasteiger partial charge < -0.3 is 0 Å². The molecule has 1 rings (SSSR count). The van der Waals surface area contributed by atoms with Crippen molar-refractivity contribution in [3.05, 3.63) is 29.6 Å². The Balaban J connectivity index is 2.73. The Morgan fingerprint density at radius 2 is 2.14 bits per heavy atom. The van der Waals surface area contributed by atoms with Gasteiger partial charge in [0.05, 0.1) is 12.2 Å². The standard InChI is InChI=1S/C11H18N2S/c1-3-10-9-11(4-2)13(12-10)7-5-6-8-14/h5-6,9,14H,3-4,7-8H2,1-2H3/b6-5+. The normalized spacial score (nSPS) is 11.4. The molecule has 0 aliphatic heterocycles. The smallest absolute Gasteiger partial charge is 0.0624 e. The molecule has 0 bridgehead atoms. The van der Waals surface area contributed by atoms with Gasteiger partial charge in [-0.2, -0.15) is 17.7 Å². The quantitative estimate of drug-likeness (QED) is 0.584. The van der Waals surface area contributed by atoms with Crippen LogP contribution in [0.1, 0.15) is 25.2 Å². The minimum atomic E-state index is 0.795. The van der Waals surface area contributed by atoms with Gasteiger partial charge in [-0.1, -0.05) is 26.0 Å². The molecule has 1 aromatic heterocycles. The second-order valence-corrected chi connectivity index (χ2v) is 3.54. The van der Waals surface area contributed by atoms with Gasteiger partial charge in [-0.3, -0.25) is 4.68 Å². The predicted octanol–water partition coefficient (Wildman–Crippen LogP) is 2.49. The second kappa shape index (κ2) is 5.91. The topological polar surface area (TPSA) is 17.8 Å². The molecular weight excluding hydrogens is 192 g/mol. The van der Waals surface area contributed by atoms with E-state index in [-0.39, 0.29) is 0 Å². The Morgan fingerprint density at radius 1 is 1.36 bits per heavy atom. The first-order valence-electron chi connectivity index (χ1n) is 5.13. The van der Waals surface area contributed by atoms with Crippen molar-refractivity contribution >= 4 is 12.6 Å². The first kappa shape index (κ1) is 11.4. The molecule has 2 nitrogen and oxygen atoms in total. The average Bonchev–Trinajstić information content (AvgIpc) is 2.61. The van der Waals surface area contributed by atoms with Crippen molar-refractivity contribution in [2.75, 3.05) is 5.75 Å². The fourth-order valence-corrected chi connectivity index (χ4v) is 1.53. The molecule has 0 aliphatic carbocycles. The van der Waals surface area contributed by atoms with Gasteiger partial charge in [0.15, 0.2) is 0 Å². The lowest BCUT2D eigenvalue weighted by Gasteiger charge is -2.00. The van der Waals surface area contributed by atoms with Gasteiger partial charge >= 0.3 is 0 Å². The van der Waals surface area contributed by atoms with Crippen molar-refractivity contribution in [1.29, 1.82) is 0 Å². The Labute approximate surface area is 91.4 Å². The molecule has 0 fully saturated rings. The van der Waals surface area contributed by atoms with E-state index in [1.165, 1.54) is 11.4 Å². The first-order valence-corrected chi connectivity index (χ1v) is 5.76. The number of hydrogen-bond donors (Lipinski definition) is 1. The molecule has 0 N–H and O–H groups in total. The number of thiol groups is 1. The Morgan fingerprint density at radius 3 is 2.71 bits per heavy atom. The molecule has 0 saturated carbocycles. The zero-order valence-electron chi connectivity index (χ0n) is 8.90. The third kappa shape index (κ3) is 2.91. The molecule has 0 aliphatic rings. The largest absolute Gasteiger partial charge is 0.266 e. The van der Waals surface area contributed by atoms with Crippen LogP contribution in [-0.4, -0.2) is 15.5 Å². The van der Waals surface area contributed by atoms with Gasteiger partial charge in [-0.05, 0) is 18.9 Å². The van der Waals surface area contributed by atoms with Crippen LogP contribution in [0.4, 0.5) is 0 Å². The summed E-state index contributed by atoms with van der Waals surface area (Å²) in [6.07, 6.45) is 6.21. The van der Waals surface area contributed by atoms with Crippen LogP contribution in [0.3, 0.4) is 0 Å². The number of hydrogen-bond acceptors (Lipinski definition) is 2. The van der Waals surface area contributed by atoms with Crippen LogP contribution in [0.25, 0.3) is 0 Å². The highest BCUT2D eigenvalue weighted by Crippen LogP contribution is 2.06. The van der Waals surface area contributed by atoms with Crippen molar-refractivity contribution in [2.24, 2.45) is 0 Å². The van der Waals surface area contributed by atoms with E-state index in [1.807, 2.05) is 0 Å². The highest BCUT2D eigenvalue weighted by atomic mass is 32.1. The molecule has 0 radical (unpaired) electrons. The van der Waals surface area contributed by atoms with Crippen LogP contribution in [0.2, 0.25) is 0 Å². The van der Waals surface area contributed by atoms with Crippen molar-refractivity contribution in [3.63, 3.8) is 0 Å². The Bertz CT molecular complexity index is 302. The highest BCUT2D eigenvalue weighted by molar-refractivity contribution is 7.80. The molecule has 0 atom stereocenters. The van der Waals surface area contributed by atoms with Crippen molar-refractivity contribution < 1.29 is 0 Å². The number of rotatable bonds is 5. The van der Waals surface area contributed by atoms with Gasteiger partial charge in [-0.15, -0.1) is 0 Å². The summed E-state index contributed by atoms with van der Waals surface area (Å²) in [6, 6.07) is 2.19. The molecule has 0 amide bonds. The van der Waals surface area contributed by atoms with Gasteiger partial charge in [0.2, 0.25) is 0 Å². The molecule has 14 heavy (non-hydrogen) atoms. The number of aryl methyl sites for hydroxylation is 2. The predicted molar refractivity (Wildman–Crippen MR) is 64.0 cm³/mol. The van der Waals surface area contributed by atoms with Crippen LogP contribution < -0.4 is 0 Å². The Hall–Kier alpha value is -0.700. The minimum absolute atomic E-state index is 0.795. The number of allylic oxidation sites excluding steroid dienone is 1. The maximum atomic E-state index is 4.51. The lowest BCUT2D eigenvalue weighted by Crippen LogP contribution is -2.02. The van der Waals surface area contributed by atoms with Crippen molar-refractivity contribution in [3.8, 4) is 0 Å². The summed E-state index contributed by atoms with van der Waals surface area (Å²) in [5, 5.41) is 4.51. The molecule has 0 aromatic carbocycles. The lowest BCUT2D eigenvalue weighted by atomic mass is 10.2. The summed E-state index contributed by atoms with van der Waals surface area (Å²) in [7, 11) is 0. The second-order valence-electron chi connectivity index (χ2n) is 3.17. The van der Waals surface area contributed by atoms with Crippen LogP contribution in [0, 0.1) is 0 Å². The van der Waals surface area contributed by atoms with Gasteiger partial charge in [0.1, 0.15) is 0 Å². The monoisotopic (exact) mass is 210 g/mol. The summed E-state index contributed by atoms with van der Waals surface area (Å²) in [6.45, 7) is 5.16. The van der Waals surface area contributed by atoms with E-state index in [2.05, 4.69) is 54.5 Å². The van der Waals surface area contributed by atoms with Gasteiger partial charge in [0.25, 0.3) is 0 Å². The van der Waals surface area contributed by atoms with E-state index < -0.39 is 0 Å². The van der Waals surface area contributed by atoms with Gasteiger partial charge in [-0.25, -0.2) is 0 Å².